The van der Waals surface area contributed by atoms with E-state index >= 15 is 0 Å². The van der Waals surface area contributed by atoms with Crippen LogP contribution in [0.15, 0.2) is 41.3 Å². The molecule has 3 saturated heterocycles. The lowest BCUT2D eigenvalue weighted by Crippen LogP contribution is -2.55. The molecule has 2 aromatic rings. The Morgan fingerprint density at radius 3 is 2.47 bits per heavy atom. The molecule has 3 heterocycles. The summed E-state index contributed by atoms with van der Waals surface area (Å²) in [6.45, 7) is 4.28. The minimum atomic E-state index is -3.92. The third kappa shape index (κ3) is 5.54. The van der Waals surface area contributed by atoms with Crippen molar-refractivity contribution in [2.75, 3.05) is 39.3 Å². The molecule has 5 rings (SSSR count). The van der Waals surface area contributed by atoms with Crippen LogP contribution in [0.4, 0.5) is 0 Å². The first-order valence-corrected chi connectivity index (χ1v) is 14.7. The molecule has 10 heteroatoms. The second-order valence-corrected chi connectivity index (χ2v) is 12.3. The molecule has 0 bridgehead atoms. The van der Waals surface area contributed by atoms with Crippen molar-refractivity contribution in [3.05, 3.63) is 41.4 Å². The molecule has 8 nitrogen and oxygen atoms in total. The SMILES string of the molecule is O=C1[C@@H](NS(=O)(=O)c2ccc3cc(Cl)ccc3c2)CCCN1CC(=O)N1CCC[C@H]1CN1CCCC1. The predicted molar refractivity (Wildman–Crippen MR) is 139 cm³/mol. The van der Waals surface area contributed by atoms with Gasteiger partial charge in [0, 0.05) is 30.7 Å². The second-order valence-electron chi connectivity index (χ2n) is 10.1. The maximum absolute atomic E-state index is 13.2. The number of rotatable bonds is 7. The number of nitrogens with one attached hydrogen (secondary N) is 1. The average Bonchev–Trinajstić information content (AvgIpc) is 3.54. The van der Waals surface area contributed by atoms with Crippen LogP contribution in [0.25, 0.3) is 10.8 Å². The largest absolute Gasteiger partial charge is 0.337 e. The van der Waals surface area contributed by atoms with Crippen LogP contribution in [0.5, 0.6) is 0 Å². The van der Waals surface area contributed by atoms with Crippen molar-refractivity contribution in [1.82, 2.24) is 19.4 Å². The van der Waals surface area contributed by atoms with Gasteiger partial charge in [-0.05, 0) is 86.7 Å². The number of sulfonamides is 1. The molecule has 0 spiro atoms. The molecular weight excluding hydrogens is 500 g/mol. The summed E-state index contributed by atoms with van der Waals surface area (Å²) >= 11 is 6.03. The van der Waals surface area contributed by atoms with Gasteiger partial charge in [-0.1, -0.05) is 23.7 Å². The Labute approximate surface area is 217 Å². The van der Waals surface area contributed by atoms with Crippen LogP contribution in [-0.2, 0) is 19.6 Å². The Morgan fingerprint density at radius 2 is 1.67 bits per heavy atom. The number of hydrogen-bond donors (Lipinski definition) is 1. The number of amides is 2. The van der Waals surface area contributed by atoms with Gasteiger partial charge in [-0.3, -0.25) is 9.59 Å². The number of carbonyl (C=O) groups is 2. The van der Waals surface area contributed by atoms with Crippen LogP contribution in [0.3, 0.4) is 0 Å². The van der Waals surface area contributed by atoms with Gasteiger partial charge in [-0.25, -0.2) is 8.42 Å². The fourth-order valence-electron chi connectivity index (χ4n) is 5.69. The fourth-order valence-corrected chi connectivity index (χ4v) is 7.13. The zero-order chi connectivity index (χ0) is 25.3. The van der Waals surface area contributed by atoms with E-state index in [2.05, 4.69) is 9.62 Å². The Balaban J connectivity index is 1.23. The molecule has 0 unspecified atom stereocenters. The van der Waals surface area contributed by atoms with Crippen molar-refractivity contribution in [3.8, 4) is 0 Å². The normalized spacial score (nSPS) is 23.6. The quantitative estimate of drug-likeness (QED) is 0.592. The molecule has 0 aromatic heterocycles. The zero-order valence-corrected chi connectivity index (χ0v) is 21.9. The first-order valence-electron chi connectivity index (χ1n) is 12.8. The maximum Gasteiger partial charge on any atom is 0.242 e. The molecule has 2 aromatic carbocycles. The van der Waals surface area contributed by atoms with Crippen molar-refractivity contribution in [2.45, 2.75) is 55.5 Å². The minimum absolute atomic E-state index is 0.00426. The summed E-state index contributed by atoms with van der Waals surface area (Å²) < 4.78 is 28.8. The van der Waals surface area contributed by atoms with Crippen LogP contribution in [-0.4, -0.2) is 86.3 Å². The molecule has 2 amide bonds. The highest BCUT2D eigenvalue weighted by Crippen LogP contribution is 2.24. The summed E-state index contributed by atoms with van der Waals surface area (Å²) in [7, 11) is -3.92. The maximum atomic E-state index is 13.2. The van der Waals surface area contributed by atoms with Gasteiger partial charge in [0.1, 0.15) is 6.04 Å². The van der Waals surface area contributed by atoms with E-state index in [0.29, 0.717) is 24.4 Å². The molecule has 0 radical (unpaired) electrons. The van der Waals surface area contributed by atoms with Crippen LogP contribution in [0.2, 0.25) is 5.02 Å². The lowest BCUT2D eigenvalue weighted by Gasteiger charge is -2.34. The number of hydrogen-bond acceptors (Lipinski definition) is 5. The first-order chi connectivity index (χ1) is 17.3. The molecule has 2 atom stereocenters. The summed E-state index contributed by atoms with van der Waals surface area (Å²) in [4.78, 5) is 32.3. The summed E-state index contributed by atoms with van der Waals surface area (Å²) in [5, 5.41) is 2.17. The number of nitrogens with zero attached hydrogens (tertiary/aromatic N) is 3. The fraction of sp³-hybridized carbons (Fsp3) is 0.538. The topological polar surface area (TPSA) is 90.0 Å². The number of halogens is 1. The molecule has 3 aliphatic rings. The van der Waals surface area contributed by atoms with Crippen LogP contribution in [0, 0.1) is 0 Å². The summed E-state index contributed by atoms with van der Waals surface area (Å²) in [5.74, 6) is -0.372. The smallest absolute Gasteiger partial charge is 0.242 e. The highest BCUT2D eigenvalue weighted by atomic mass is 35.5. The summed E-state index contributed by atoms with van der Waals surface area (Å²) in [6, 6.07) is 9.38. The van der Waals surface area contributed by atoms with Gasteiger partial charge in [0.15, 0.2) is 0 Å². The van der Waals surface area contributed by atoms with Gasteiger partial charge < -0.3 is 14.7 Å². The number of benzene rings is 2. The average molecular weight is 533 g/mol. The second kappa shape index (κ2) is 10.7. The summed E-state index contributed by atoms with van der Waals surface area (Å²) in [6.07, 6.45) is 5.46. The lowest BCUT2D eigenvalue weighted by molar-refractivity contribution is -0.143. The highest BCUT2D eigenvalue weighted by Gasteiger charge is 2.36. The van der Waals surface area contributed by atoms with Gasteiger partial charge in [-0.2, -0.15) is 4.72 Å². The molecule has 3 aliphatic heterocycles. The molecule has 0 aliphatic carbocycles. The van der Waals surface area contributed by atoms with E-state index in [9.17, 15) is 18.0 Å². The van der Waals surface area contributed by atoms with E-state index < -0.39 is 16.1 Å². The molecular formula is C26H33ClN4O4S. The van der Waals surface area contributed by atoms with Gasteiger partial charge in [0.2, 0.25) is 21.8 Å². The molecule has 1 N–H and O–H groups in total. The first kappa shape index (κ1) is 25.4. The zero-order valence-electron chi connectivity index (χ0n) is 20.4. The Hall–Kier alpha value is -2.20. The van der Waals surface area contributed by atoms with Gasteiger partial charge in [-0.15, -0.1) is 0 Å². The van der Waals surface area contributed by atoms with E-state index in [1.807, 2.05) is 4.90 Å². The van der Waals surface area contributed by atoms with Crippen molar-refractivity contribution in [2.24, 2.45) is 0 Å². The number of carbonyl (C=O) groups excluding carboxylic acids is 2. The van der Waals surface area contributed by atoms with Crippen molar-refractivity contribution in [1.29, 1.82) is 0 Å². The van der Waals surface area contributed by atoms with Crippen molar-refractivity contribution < 1.29 is 18.0 Å². The summed E-state index contributed by atoms with van der Waals surface area (Å²) in [5.41, 5.74) is 0. The molecule has 3 fully saturated rings. The van der Waals surface area contributed by atoms with E-state index in [1.165, 1.54) is 23.8 Å². The van der Waals surface area contributed by atoms with Gasteiger partial charge in [0.05, 0.1) is 11.4 Å². The van der Waals surface area contributed by atoms with Crippen molar-refractivity contribution in [3.63, 3.8) is 0 Å². The lowest BCUT2D eigenvalue weighted by atomic mass is 10.1. The van der Waals surface area contributed by atoms with E-state index in [4.69, 9.17) is 11.6 Å². The van der Waals surface area contributed by atoms with Crippen LogP contribution >= 0.6 is 11.6 Å². The van der Waals surface area contributed by atoms with Crippen molar-refractivity contribution >= 4 is 44.2 Å². The number of piperidine rings is 1. The Kier molecular flexibility index (Phi) is 7.53. The van der Waals surface area contributed by atoms with Gasteiger partial charge >= 0.3 is 0 Å². The molecule has 0 saturated carbocycles. The third-order valence-corrected chi connectivity index (χ3v) is 9.31. The number of likely N-dealkylation sites (tertiary alicyclic amines) is 3. The third-order valence-electron chi connectivity index (χ3n) is 7.60. The molecule has 36 heavy (non-hydrogen) atoms. The Morgan fingerprint density at radius 1 is 0.944 bits per heavy atom. The highest BCUT2D eigenvalue weighted by molar-refractivity contribution is 7.89. The van der Waals surface area contributed by atoms with Crippen LogP contribution < -0.4 is 4.72 Å². The number of fused-ring (bicyclic) bond motifs is 1. The van der Waals surface area contributed by atoms with Gasteiger partial charge in [0.25, 0.3) is 0 Å². The van der Waals surface area contributed by atoms with Crippen LogP contribution in [0.1, 0.15) is 38.5 Å². The monoisotopic (exact) mass is 532 g/mol. The van der Waals surface area contributed by atoms with E-state index in [1.54, 1.807) is 30.3 Å². The minimum Gasteiger partial charge on any atom is -0.337 e. The standard InChI is InChI=1S/C26H33ClN4O4S/c27-21-9-7-20-16-23(10-8-19(20)15-21)36(34,35)28-24-6-4-13-30(26(24)33)18-25(32)31-14-3-5-22(31)17-29-11-1-2-12-29/h7-10,15-16,22,24,28H,1-6,11-14,17-18H2/t22-,24-/m0/s1. The predicted octanol–water partition coefficient (Wildman–Crippen LogP) is 2.85. The molecule has 194 valence electrons. The Bertz CT molecular complexity index is 1250. The van der Waals surface area contributed by atoms with E-state index in [-0.39, 0.29) is 29.3 Å². The van der Waals surface area contributed by atoms with E-state index in [0.717, 1.165) is 49.8 Å².